The van der Waals surface area contributed by atoms with Crippen LogP contribution in [0.4, 0.5) is 13.2 Å². The summed E-state index contributed by atoms with van der Waals surface area (Å²) < 4.78 is 51.1. The molecule has 0 radical (unpaired) electrons. The van der Waals surface area contributed by atoms with Crippen molar-refractivity contribution in [1.29, 1.82) is 0 Å². The Kier molecular flexibility index (Phi) is 6.26. The lowest BCUT2D eigenvalue weighted by molar-refractivity contribution is -0.0876. The average molecular weight is 452 g/mol. The van der Waals surface area contributed by atoms with Gasteiger partial charge in [-0.2, -0.15) is 4.98 Å². The summed E-state index contributed by atoms with van der Waals surface area (Å²) in [6, 6.07) is 6.29. The van der Waals surface area contributed by atoms with E-state index < -0.39 is 30.4 Å². The van der Waals surface area contributed by atoms with E-state index in [1.807, 2.05) is 0 Å². The summed E-state index contributed by atoms with van der Waals surface area (Å²) >= 11 is 0. The van der Waals surface area contributed by atoms with Gasteiger partial charge in [0.2, 0.25) is 0 Å². The Morgan fingerprint density at radius 1 is 1.12 bits per heavy atom. The fourth-order valence-corrected chi connectivity index (χ4v) is 4.80. The van der Waals surface area contributed by atoms with Crippen molar-refractivity contribution < 1.29 is 17.9 Å². The van der Waals surface area contributed by atoms with E-state index in [4.69, 9.17) is 4.74 Å². The third kappa shape index (κ3) is 4.66. The molecule has 2 saturated heterocycles. The predicted octanol–water partition coefficient (Wildman–Crippen LogP) is 2.24. The van der Waals surface area contributed by atoms with Crippen molar-refractivity contribution in [3.8, 4) is 0 Å². The molecule has 0 spiro atoms. The highest BCUT2D eigenvalue weighted by Gasteiger charge is 2.46. The van der Waals surface area contributed by atoms with E-state index in [1.54, 1.807) is 23.1 Å². The zero-order valence-corrected chi connectivity index (χ0v) is 18.1. The van der Waals surface area contributed by atoms with E-state index in [0.717, 1.165) is 17.4 Å². The van der Waals surface area contributed by atoms with E-state index in [-0.39, 0.29) is 36.4 Å². The van der Waals surface area contributed by atoms with Crippen molar-refractivity contribution in [2.45, 2.75) is 69.9 Å². The molecular weight excluding hydrogens is 425 g/mol. The Morgan fingerprint density at radius 2 is 1.78 bits per heavy atom. The lowest BCUT2D eigenvalue weighted by atomic mass is 9.99. The average Bonchev–Trinajstić information content (AvgIpc) is 2.96. The molecule has 10 heteroatoms. The van der Waals surface area contributed by atoms with Gasteiger partial charge in [-0.05, 0) is 38.7 Å². The van der Waals surface area contributed by atoms with Crippen LogP contribution in [0.15, 0.2) is 33.9 Å². The van der Waals surface area contributed by atoms with Crippen molar-refractivity contribution in [3.05, 3.63) is 62.4 Å². The van der Waals surface area contributed by atoms with E-state index in [2.05, 4.69) is 4.98 Å². The highest BCUT2D eigenvalue weighted by Crippen LogP contribution is 2.39. The highest BCUT2D eigenvalue weighted by molar-refractivity contribution is 5.16. The Morgan fingerprint density at radius 3 is 2.44 bits per heavy atom. The van der Waals surface area contributed by atoms with Crippen molar-refractivity contribution in [2.75, 3.05) is 6.54 Å². The molecule has 0 amide bonds. The molecule has 2 fully saturated rings. The van der Waals surface area contributed by atoms with Crippen LogP contribution >= 0.6 is 0 Å². The molecule has 32 heavy (non-hydrogen) atoms. The van der Waals surface area contributed by atoms with E-state index in [1.165, 1.54) is 20.0 Å². The van der Waals surface area contributed by atoms with Crippen molar-refractivity contribution in [1.82, 2.24) is 19.0 Å². The second-order valence-electron chi connectivity index (χ2n) is 8.78. The van der Waals surface area contributed by atoms with Crippen LogP contribution in [0.2, 0.25) is 0 Å². The molecule has 3 heterocycles. The minimum atomic E-state index is -3.27. The third-order valence-electron chi connectivity index (χ3n) is 6.57. The fourth-order valence-electron chi connectivity index (χ4n) is 4.80. The minimum absolute atomic E-state index is 0.0686. The second kappa shape index (κ2) is 8.82. The number of aromatic nitrogens is 3. The molecular formula is C22H27F3N4O3. The van der Waals surface area contributed by atoms with E-state index in [9.17, 15) is 22.8 Å². The first kappa shape index (κ1) is 22.7. The Balaban J connectivity index is 1.40. The van der Waals surface area contributed by atoms with Gasteiger partial charge in [-0.15, -0.1) is 0 Å². The Labute approximate surface area is 183 Å². The zero-order valence-electron chi connectivity index (χ0n) is 18.1. The van der Waals surface area contributed by atoms with Gasteiger partial charge in [0.05, 0.1) is 25.8 Å². The van der Waals surface area contributed by atoms with E-state index >= 15 is 0 Å². The van der Waals surface area contributed by atoms with Crippen LogP contribution in [0.25, 0.3) is 0 Å². The number of aryl methyl sites for hydroxylation is 1. The van der Waals surface area contributed by atoms with Crippen LogP contribution in [-0.4, -0.2) is 49.7 Å². The van der Waals surface area contributed by atoms with Gasteiger partial charge in [0.15, 0.2) is 0 Å². The molecule has 2 aliphatic rings. The van der Waals surface area contributed by atoms with Gasteiger partial charge in [-0.1, -0.05) is 18.2 Å². The molecule has 2 unspecified atom stereocenters. The zero-order chi connectivity index (χ0) is 23.0. The maximum absolute atomic E-state index is 14.9. The van der Waals surface area contributed by atoms with Crippen molar-refractivity contribution in [3.63, 3.8) is 0 Å². The van der Waals surface area contributed by atoms with Gasteiger partial charge in [0.1, 0.15) is 11.6 Å². The van der Waals surface area contributed by atoms with Crippen LogP contribution in [-0.2, 0) is 24.9 Å². The van der Waals surface area contributed by atoms with Gasteiger partial charge < -0.3 is 4.74 Å². The molecule has 2 atom stereocenters. The van der Waals surface area contributed by atoms with E-state index in [0.29, 0.717) is 23.0 Å². The number of ether oxygens (including phenoxy) is 1. The summed E-state index contributed by atoms with van der Waals surface area (Å²) in [6.07, 6.45) is 2.64. The predicted molar refractivity (Wildman–Crippen MR) is 111 cm³/mol. The number of hydrogen-bond acceptors (Lipinski definition) is 5. The maximum Gasteiger partial charge on any atom is 0.353 e. The first-order valence-electron chi connectivity index (χ1n) is 10.8. The number of hydrogen-bond donors (Lipinski definition) is 0. The molecule has 0 saturated carbocycles. The van der Waals surface area contributed by atoms with Gasteiger partial charge in [-0.25, -0.2) is 27.3 Å². The molecule has 2 aliphatic heterocycles. The Hall–Kier alpha value is -2.46. The SMILES string of the molecule is Cc1nc(=O)n(CC(F)(F)CN2C3CCC2CC(OCc2ccccc2F)C3)c(=O)n1C. The molecule has 4 rings (SSSR count). The van der Waals surface area contributed by atoms with Crippen LogP contribution in [0.5, 0.6) is 0 Å². The first-order valence-corrected chi connectivity index (χ1v) is 10.8. The molecule has 0 aliphatic carbocycles. The molecule has 2 bridgehead atoms. The fraction of sp³-hybridized carbons (Fsp3) is 0.591. The standard InChI is InChI=1S/C22H27F3N4O3/c1-14-26-20(30)29(21(31)27(14)2)13-22(24,25)12-28-16-7-8-17(28)10-18(9-16)32-11-15-5-3-4-6-19(15)23/h3-6,16-18H,7-13H2,1-2H3. The van der Waals surface area contributed by atoms with Gasteiger partial charge >= 0.3 is 11.4 Å². The monoisotopic (exact) mass is 452 g/mol. The minimum Gasteiger partial charge on any atom is -0.373 e. The lowest BCUT2D eigenvalue weighted by Crippen LogP contribution is -2.53. The largest absolute Gasteiger partial charge is 0.373 e. The normalized spacial score (nSPS) is 23.6. The number of alkyl halides is 2. The first-order chi connectivity index (χ1) is 15.1. The second-order valence-corrected chi connectivity index (χ2v) is 8.78. The number of benzene rings is 1. The highest BCUT2D eigenvalue weighted by atomic mass is 19.3. The summed E-state index contributed by atoms with van der Waals surface area (Å²) in [5.41, 5.74) is -1.29. The van der Waals surface area contributed by atoms with Crippen LogP contribution in [0.1, 0.15) is 37.1 Å². The molecule has 2 aromatic rings. The van der Waals surface area contributed by atoms with Crippen LogP contribution in [0.3, 0.4) is 0 Å². The molecule has 174 valence electrons. The number of piperidine rings is 1. The lowest BCUT2D eigenvalue weighted by Gasteiger charge is -2.40. The van der Waals surface area contributed by atoms with Crippen LogP contribution in [0, 0.1) is 12.7 Å². The number of nitrogens with zero attached hydrogens (tertiary/aromatic N) is 4. The third-order valence-corrected chi connectivity index (χ3v) is 6.57. The molecule has 1 aromatic heterocycles. The number of halogens is 3. The summed E-state index contributed by atoms with van der Waals surface area (Å²) in [5, 5.41) is 0. The van der Waals surface area contributed by atoms with Gasteiger partial charge in [-0.3, -0.25) is 9.47 Å². The summed E-state index contributed by atoms with van der Waals surface area (Å²) in [7, 11) is 1.39. The number of fused-ring (bicyclic) bond motifs is 2. The summed E-state index contributed by atoms with van der Waals surface area (Å²) in [5.74, 6) is -3.41. The molecule has 1 aromatic carbocycles. The smallest absolute Gasteiger partial charge is 0.353 e. The maximum atomic E-state index is 14.9. The Bertz CT molecular complexity index is 1090. The van der Waals surface area contributed by atoms with Crippen molar-refractivity contribution >= 4 is 0 Å². The van der Waals surface area contributed by atoms with Crippen molar-refractivity contribution in [2.24, 2.45) is 7.05 Å². The molecule has 7 nitrogen and oxygen atoms in total. The quantitative estimate of drug-likeness (QED) is 0.645. The van der Waals surface area contributed by atoms with Crippen LogP contribution < -0.4 is 11.4 Å². The summed E-state index contributed by atoms with van der Waals surface area (Å²) in [6.45, 7) is 0.0850. The van der Waals surface area contributed by atoms with Gasteiger partial charge in [0, 0.05) is 24.7 Å². The number of rotatable bonds is 7. The van der Waals surface area contributed by atoms with Gasteiger partial charge in [0.25, 0.3) is 5.92 Å². The topological polar surface area (TPSA) is 69.4 Å². The molecule has 0 N–H and O–H groups in total. The summed E-state index contributed by atoms with van der Waals surface area (Å²) in [4.78, 5) is 29.7.